The Balaban J connectivity index is 2.00. The first-order valence-electron chi connectivity index (χ1n) is 7.59. The second-order valence-corrected chi connectivity index (χ2v) is 6.07. The van der Waals surface area contributed by atoms with Crippen LogP contribution in [0.3, 0.4) is 0 Å². The van der Waals surface area contributed by atoms with Crippen LogP contribution in [0.2, 0.25) is 0 Å². The Bertz CT molecular complexity index is 183. The summed E-state index contributed by atoms with van der Waals surface area (Å²) in [5.41, 5.74) is 0. The van der Waals surface area contributed by atoms with Crippen LogP contribution in [0.4, 0.5) is 0 Å². The molecule has 102 valence electrons. The molecule has 0 amide bonds. The van der Waals surface area contributed by atoms with Gasteiger partial charge in [0.15, 0.2) is 0 Å². The fourth-order valence-electron chi connectivity index (χ4n) is 2.70. The lowest BCUT2D eigenvalue weighted by Crippen LogP contribution is -2.35. The van der Waals surface area contributed by atoms with Crippen molar-refractivity contribution in [3.8, 4) is 0 Å². The molecule has 1 aliphatic heterocycles. The lowest BCUT2D eigenvalue weighted by Gasteiger charge is -2.18. The van der Waals surface area contributed by atoms with Crippen LogP contribution in [0.15, 0.2) is 0 Å². The quantitative estimate of drug-likeness (QED) is 0.656. The molecule has 1 fully saturated rings. The summed E-state index contributed by atoms with van der Waals surface area (Å²) in [6, 6.07) is 0.694. The van der Waals surface area contributed by atoms with Crippen molar-refractivity contribution >= 4 is 0 Å². The van der Waals surface area contributed by atoms with Crippen molar-refractivity contribution in [3.05, 3.63) is 0 Å². The van der Waals surface area contributed by atoms with E-state index in [9.17, 15) is 0 Å². The molecular weight excluding hydrogens is 208 g/mol. The Kier molecular flexibility index (Phi) is 7.14. The SMILES string of the molecule is CCCCCC(C)NCCN1CC(C)C(C)C1. The van der Waals surface area contributed by atoms with E-state index in [1.807, 2.05) is 0 Å². The molecule has 1 rings (SSSR count). The first-order valence-corrected chi connectivity index (χ1v) is 7.59. The van der Waals surface area contributed by atoms with E-state index in [1.54, 1.807) is 0 Å². The van der Waals surface area contributed by atoms with E-state index in [1.165, 1.54) is 45.3 Å². The van der Waals surface area contributed by atoms with E-state index >= 15 is 0 Å². The highest BCUT2D eigenvalue weighted by Gasteiger charge is 2.25. The molecule has 0 aromatic heterocycles. The standard InChI is InChI=1S/C15H32N2/c1-5-6-7-8-15(4)16-9-10-17-11-13(2)14(3)12-17/h13-16H,5-12H2,1-4H3. The van der Waals surface area contributed by atoms with Gasteiger partial charge in [-0.25, -0.2) is 0 Å². The van der Waals surface area contributed by atoms with Crippen molar-refractivity contribution in [2.75, 3.05) is 26.2 Å². The monoisotopic (exact) mass is 240 g/mol. The third-order valence-electron chi connectivity index (χ3n) is 4.23. The molecular formula is C15H32N2. The zero-order valence-corrected chi connectivity index (χ0v) is 12.3. The van der Waals surface area contributed by atoms with Crippen molar-refractivity contribution in [1.82, 2.24) is 10.2 Å². The van der Waals surface area contributed by atoms with E-state index in [2.05, 4.69) is 37.9 Å². The van der Waals surface area contributed by atoms with Gasteiger partial charge >= 0.3 is 0 Å². The maximum Gasteiger partial charge on any atom is 0.0107 e. The second kappa shape index (κ2) is 8.10. The Morgan fingerprint density at radius 2 is 1.82 bits per heavy atom. The Morgan fingerprint density at radius 1 is 1.18 bits per heavy atom. The van der Waals surface area contributed by atoms with Crippen LogP contribution in [0, 0.1) is 11.8 Å². The van der Waals surface area contributed by atoms with Crippen LogP contribution in [-0.4, -0.2) is 37.1 Å². The molecule has 1 saturated heterocycles. The Hall–Kier alpha value is -0.0800. The van der Waals surface area contributed by atoms with Crippen LogP contribution in [0.25, 0.3) is 0 Å². The minimum Gasteiger partial charge on any atom is -0.313 e. The Morgan fingerprint density at radius 3 is 2.41 bits per heavy atom. The summed E-state index contributed by atoms with van der Waals surface area (Å²) >= 11 is 0. The molecule has 3 unspecified atom stereocenters. The molecule has 0 aromatic rings. The van der Waals surface area contributed by atoms with E-state index in [0.717, 1.165) is 18.4 Å². The molecule has 0 spiro atoms. The molecule has 2 heteroatoms. The van der Waals surface area contributed by atoms with Gasteiger partial charge in [-0.3, -0.25) is 0 Å². The van der Waals surface area contributed by atoms with Gasteiger partial charge in [0, 0.05) is 32.2 Å². The summed E-state index contributed by atoms with van der Waals surface area (Å²) < 4.78 is 0. The molecule has 17 heavy (non-hydrogen) atoms. The van der Waals surface area contributed by atoms with Gasteiger partial charge in [-0.1, -0.05) is 40.0 Å². The van der Waals surface area contributed by atoms with E-state index in [0.29, 0.717) is 6.04 Å². The topological polar surface area (TPSA) is 15.3 Å². The second-order valence-electron chi connectivity index (χ2n) is 6.07. The number of likely N-dealkylation sites (tertiary alicyclic amines) is 1. The maximum absolute atomic E-state index is 3.66. The lowest BCUT2D eigenvalue weighted by atomic mass is 10.0. The van der Waals surface area contributed by atoms with Gasteiger partial charge in [0.2, 0.25) is 0 Å². The Labute approximate surface area is 108 Å². The highest BCUT2D eigenvalue weighted by molar-refractivity contribution is 4.78. The molecule has 1 aliphatic rings. The van der Waals surface area contributed by atoms with Crippen LogP contribution >= 0.6 is 0 Å². The van der Waals surface area contributed by atoms with Gasteiger partial charge in [0.1, 0.15) is 0 Å². The number of rotatable bonds is 8. The number of hydrogen-bond acceptors (Lipinski definition) is 2. The first kappa shape index (κ1) is 15.0. The van der Waals surface area contributed by atoms with Crippen molar-refractivity contribution in [1.29, 1.82) is 0 Å². The van der Waals surface area contributed by atoms with Gasteiger partial charge in [-0.15, -0.1) is 0 Å². The number of nitrogens with zero attached hydrogens (tertiary/aromatic N) is 1. The minimum absolute atomic E-state index is 0.694. The zero-order valence-electron chi connectivity index (χ0n) is 12.3. The van der Waals surface area contributed by atoms with Crippen LogP contribution in [0.5, 0.6) is 0 Å². The molecule has 0 aromatic carbocycles. The minimum atomic E-state index is 0.694. The maximum atomic E-state index is 3.66. The van der Waals surface area contributed by atoms with Gasteiger partial charge in [-0.2, -0.15) is 0 Å². The molecule has 1 N–H and O–H groups in total. The van der Waals surface area contributed by atoms with Crippen LogP contribution in [0.1, 0.15) is 53.4 Å². The molecule has 0 bridgehead atoms. The average molecular weight is 240 g/mol. The third-order valence-corrected chi connectivity index (χ3v) is 4.23. The lowest BCUT2D eigenvalue weighted by molar-refractivity contribution is 0.313. The highest BCUT2D eigenvalue weighted by Crippen LogP contribution is 2.21. The number of hydrogen-bond donors (Lipinski definition) is 1. The largest absolute Gasteiger partial charge is 0.313 e. The van der Waals surface area contributed by atoms with E-state index in [-0.39, 0.29) is 0 Å². The van der Waals surface area contributed by atoms with Crippen LogP contribution < -0.4 is 5.32 Å². The number of unbranched alkanes of at least 4 members (excludes halogenated alkanes) is 2. The summed E-state index contributed by atoms with van der Waals surface area (Å²) in [5.74, 6) is 1.77. The van der Waals surface area contributed by atoms with Gasteiger partial charge in [0.25, 0.3) is 0 Å². The average Bonchev–Trinajstić information content (AvgIpc) is 2.59. The van der Waals surface area contributed by atoms with Crippen LogP contribution in [-0.2, 0) is 0 Å². The van der Waals surface area contributed by atoms with Gasteiger partial charge in [-0.05, 0) is 25.2 Å². The predicted molar refractivity (Wildman–Crippen MR) is 76.4 cm³/mol. The fourth-order valence-corrected chi connectivity index (χ4v) is 2.70. The molecule has 0 saturated carbocycles. The fraction of sp³-hybridized carbons (Fsp3) is 1.00. The predicted octanol–water partition coefficient (Wildman–Crippen LogP) is 3.13. The summed E-state index contributed by atoms with van der Waals surface area (Å²) in [5, 5.41) is 3.66. The zero-order chi connectivity index (χ0) is 12.7. The molecule has 1 heterocycles. The summed E-state index contributed by atoms with van der Waals surface area (Å²) in [6.07, 6.45) is 5.42. The van der Waals surface area contributed by atoms with Crippen molar-refractivity contribution in [2.24, 2.45) is 11.8 Å². The molecule has 0 radical (unpaired) electrons. The van der Waals surface area contributed by atoms with Crippen molar-refractivity contribution in [2.45, 2.75) is 59.4 Å². The smallest absolute Gasteiger partial charge is 0.0107 e. The normalized spacial score (nSPS) is 27.5. The third kappa shape index (κ3) is 5.87. The van der Waals surface area contributed by atoms with Gasteiger partial charge < -0.3 is 10.2 Å². The molecule has 3 atom stereocenters. The molecule has 2 nitrogen and oxygen atoms in total. The van der Waals surface area contributed by atoms with Gasteiger partial charge in [0.05, 0.1) is 0 Å². The first-order chi connectivity index (χ1) is 8.13. The molecule has 0 aliphatic carbocycles. The van der Waals surface area contributed by atoms with E-state index in [4.69, 9.17) is 0 Å². The van der Waals surface area contributed by atoms with E-state index < -0.39 is 0 Å². The number of nitrogens with one attached hydrogen (secondary N) is 1. The summed E-state index contributed by atoms with van der Waals surface area (Å²) in [4.78, 5) is 2.61. The highest BCUT2D eigenvalue weighted by atomic mass is 15.2. The summed E-state index contributed by atoms with van der Waals surface area (Å²) in [6.45, 7) is 14.3. The van der Waals surface area contributed by atoms with Crippen molar-refractivity contribution in [3.63, 3.8) is 0 Å². The summed E-state index contributed by atoms with van der Waals surface area (Å²) in [7, 11) is 0. The van der Waals surface area contributed by atoms with Crippen molar-refractivity contribution < 1.29 is 0 Å².